The van der Waals surface area contributed by atoms with Gasteiger partial charge in [-0.1, -0.05) is 222 Å². The Morgan fingerprint density at radius 2 is 0.662 bits per heavy atom. The van der Waals surface area contributed by atoms with Crippen molar-refractivity contribution in [1.82, 2.24) is 0 Å². The zero-order valence-corrected chi connectivity index (χ0v) is 51.2. The molecule has 0 aliphatic carbocycles. The Hall–Kier alpha value is -1.94. The molecule has 0 aliphatic heterocycles. The highest BCUT2D eigenvalue weighted by Gasteiger charge is 2.30. The van der Waals surface area contributed by atoms with Gasteiger partial charge in [-0.05, 0) is 43.4 Å². The minimum Gasteiger partial charge on any atom is -0.462 e. The molecule has 0 aromatic rings. The second-order valence-corrected chi connectivity index (χ2v) is 24.9. The molecule has 0 saturated heterocycles. The maximum absolute atomic E-state index is 12.9. The molecule has 456 valence electrons. The predicted octanol–water partition coefficient (Wildman–Crippen LogP) is 15.2. The van der Waals surface area contributed by atoms with Crippen LogP contribution in [0.5, 0.6) is 0 Å². The molecular weight excluding hydrogens is 1030 g/mol. The highest BCUT2D eigenvalue weighted by molar-refractivity contribution is 7.47. The molecule has 0 aromatic carbocycles. The van der Waals surface area contributed by atoms with Crippen molar-refractivity contribution < 1.29 is 80.2 Å². The molecule has 77 heavy (non-hydrogen) atoms. The number of esters is 4. The van der Waals surface area contributed by atoms with Crippen LogP contribution in [0.25, 0.3) is 0 Å². The van der Waals surface area contributed by atoms with Gasteiger partial charge in [-0.25, -0.2) is 9.13 Å². The number of rotatable bonds is 56. The highest BCUT2D eigenvalue weighted by atomic mass is 31.2. The van der Waals surface area contributed by atoms with Crippen LogP contribution in [-0.2, 0) is 65.4 Å². The lowest BCUT2D eigenvalue weighted by Gasteiger charge is -2.21. The van der Waals surface area contributed by atoms with Crippen LogP contribution < -0.4 is 0 Å². The Balaban J connectivity index is 5.24. The Kier molecular flexibility index (Phi) is 48.6. The van der Waals surface area contributed by atoms with Gasteiger partial charge in [0.2, 0.25) is 0 Å². The third kappa shape index (κ3) is 50.7. The molecule has 0 fully saturated rings. The molecule has 7 atom stereocenters. The normalized spacial score (nSPS) is 15.3. The topological polar surface area (TPSA) is 237 Å². The molecule has 0 amide bonds. The van der Waals surface area contributed by atoms with Crippen LogP contribution in [-0.4, -0.2) is 96.7 Å². The van der Waals surface area contributed by atoms with E-state index in [2.05, 4.69) is 48.5 Å². The van der Waals surface area contributed by atoms with Crippen LogP contribution in [0.2, 0.25) is 0 Å². The molecule has 17 nitrogen and oxygen atoms in total. The van der Waals surface area contributed by atoms with Crippen molar-refractivity contribution in [3.8, 4) is 0 Å². The molecule has 0 saturated carbocycles. The number of carbonyl (C=O) groups is 4. The summed E-state index contributed by atoms with van der Waals surface area (Å²) in [5.41, 5.74) is 0. The predicted molar refractivity (Wildman–Crippen MR) is 303 cm³/mol. The first-order valence-electron chi connectivity index (χ1n) is 30.4. The summed E-state index contributed by atoms with van der Waals surface area (Å²) in [5, 5.41) is 10.5. The number of aliphatic hydroxyl groups excluding tert-OH is 1. The maximum Gasteiger partial charge on any atom is 0.472 e. The molecule has 4 unspecified atom stereocenters. The first-order chi connectivity index (χ1) is 36.8. The average molecular weight is 1140 g/mol. The zero-order chi connectivity index (χ0) is 57.4. The summed E-state index contributed by atoms with van der Waals surface area (Å²) >= 11 is 0. The summed E-state index contributed by atoms with van der Waals surface area (Å²) in [7, 11) is -9.87. The molecule has 0 rings (SSSR count). The summed E-state index contributed by atoms with van der Waals surface area (Å²) in [6, 6.07) is 0. The van der Waals surface area contributed by atoms with E-state index in [-0.39, 0.29) is 25.7 Å². The summed E-state index contributed by atoms with van der Waals surface area (Å²) in [6.07, 6.45) is 28.3. The second-order valence-electron chi connectivity index (χ2n) is 22.0. The fourth-order valence-corrected chi connectivity index (χ4v) is 9.93. The van der Waals surface area contributed by atoms with Gasteiger partial charge in [0.1, 0.15) is 19.3 Å². The molecular formula is C58H112O17P2. The minimum absolute atomic E-state index is 0.102. The van der Waals surface area contributed by atoms with Crippen LogP contribution in [0.3, 0.4) is 0 Å². The number of phosphoric acid groups is 2. The lowest BCUT2D eigenvalue weighted by atomic mass is 10.00. The van der Waals surface area contributed by atoms with Gasteiger partial charge >= 0.3 is 39.5 Å². The van der Waals surface area contributed by atoms with Gasteiger partial charge in [0.05, 0.1) is 26.4 Å². The molecule has 0 aromatic heterocycles. The van der Waals surface area contributed by atoms with Gasteiger partial charge in [0, 0.05) is 25.7 Å². The Bertz CT molecular complexity index is 1550. The lowest BCUT2D eigenvalue weighted by Crippen LogP contribution is -2.30. The third-order valence-electron chi connectivity index (χ3n) is 13.9. The van der Waals surface area contributed by atoms with Crippen molar-refractivity contribution >= 4 is 39.5 Å². The Morgan fingerprint density at radius 3 is 0.987 bits per heavy atom. The average Bonchev–Trinajstić information content (AvgIpc) is 3.39. The zero-order valence-electron chi connectivity index (χ0n) is 49.4. The first-order valence-corrected chi connectivity index (χ1v) is 33.4. The largest absolute Gasteiger partial charge is 0.472 e. The molecule has 0 heterocycles. The van der Waals surface area contributed by atoms with E-state index in [4.69, 9.17) is 37.0 Å². The van der Waals surface area contributed by atoms with E-state index >= 15 is 0 Å². The van der Waals surface area contributed by atoms with Gasteiger partial charge in [-0.15, -0.1) is 0 Å². The van der Waals surface area contributed by atoms with E-state index in [1.807, 2.05) is 0 Å². The van der Waals surface area contributed by atoms with Crippen molar-refractivity contribution in [3.63, 3.8) is 0 Å². The summed E-state index contributed by atoms with van der Waals surface area (Å²) in [4.78, 5) is 71.8. The summed E-state index contributed by atoms with van der Waals surface area (Å²) in [5.74, 6) is -0.00688. The van der Waals surface area contributed by atoms with Crippen LogP contribution >= 0.6 is 15.6 Å². The monoisotopic (exact) mass is 1140 g/mol. The van der Waals surface area contributed by atoms with Gasteiger partial charge in [0.25, 0.3) is 0 Å². The van der Waals surface area contributed by atoms with Crippen LogP contribution in [0, 0.1) is 17.8 Å². The number of phosphoric ester groups is 2. The van der Waals surface area contributed by atoms with Crippen molar-refractivity contribution in [1.29, 1.82) is 0 Å². The van der Waals surface area contributed by atoms with Crippen LogP contribution in [0.15, 0.2) is 0 Å². The molecule has 3 N–H and O–H groups in total. The van der Waals surface area contributed by atoms with E-state index < -0.39 is 97.5 Å². The standard InChI is InChI=1S/C58H112O17P2/c1-8-11-12-13-15-25-32-39-55(60)68-45-54(75-58(63)42-35-28-21-19-24-31-38-51(7)10-3)48-73-77(66,67)71-44-52(59)43-70-76(64,65)72-47-53(74-57(62)41-34-27-17-14-16-22-29-36-49(4)5)46-69-56(61)40-33-26-20-18-23-30-37-50(6)9-2/h49-54,59H,8-48H2,1-7H3,(H,64,65)(H,66,67)/t50?,51?,52-,53-,54-/m1/s1. The van der Waals surface area contributed by atoms with Crippen molar-refractivity contribution in [2.75, 3.05) is 39.6 Å². The minimum atomic E-state index is -4.94. The van der Waals surface area contributed by atoms with Gasteiger partial charge < -0.3 is 33.8 Å². The molecule has 19 heteroatoms. The van der Waals surface area contributed by atoms with Crippen LogP contribution in [0.1, 0.15) is 273 Å². The SMILES string of the molecule is CCCCCCCCCC(=O)OC[C@H](COP(=O)(O)OC[C@H](O)COP(=O)(O)OC[C@@H](COC(=O)CCCCCCCCC(C)CC)OC(=O)CCCCCCCCCC(C)C)OC(=O)CCCCCCCCC(C)CC. The van der Waals surface area contributed by atoms with E-state index in [9.17, 15) is 43.2 Å². The van der Waals surface area contributed by atoms with Gasteiger partial charge in [-0.3, -0.25) is 37.3 Å². The van der Waals surface area contributed by atoms with Crippen molar-refractivity contribution in [3.05, 3.63) is 0 Å². The molecule has 0 aliphatic rings. The maximum atomic E-state index is 12.9. The fraction of sp³-hybridized carbons (Fsp3) is 0.931. The van der Waals surface area contributed by atoms with Crippen molar-refractivity contribution in [2.24, 2.45) is 17.8 Å². The second kappa shape index (κ2) is 49.8. The number of unbranched alkanes of at least 4 members (excludes halogenated alkanes) is 22. The summed E-state index contributed by atoms with van der Waals surface area (Å²) < 4.78 is 67.6. The number of ether oxygens (including phenoxy) is 4. The van der Waals surface area contributed by atoms with E-state index in [1.165, 1.54) is 64.2 Å². The fourth-order valence-electron chi connectivity index (χ4n) is 8.35. The molecule has 0 bridgehead atoms. The first kappa shape index (κ1) is 75.1. The number of carbonyl (C=O) groups excluding carboxylic acids is 4. The number of hydrogen-bond donors (Lipinski definition) is 3. The lowest BCUT2D eigenvalue weighted by molar-refractivity contribution is -0.161. The number of hydrogen-bond acceptors (Lipinski definition) is 15. The van der Waals surface area contributed by atoms with Crippen LogP contribution in [0.4, 0.5) is 0 Å². The van der Waals surface area contributed by atoms with Gasteiger partial charge in [-0.2, -0.15) is 0 Å². The Labute approximate surface area is 467 Å². The summed E-state index contributed by atoms with van der Waals surface area (Å²) in [6.45, 7) is 11.5. The quantitative estimate of drug-likeness (QED) is 0.0222. The van der Waals surface area contributed by atoms with Gasteiger partial charge in [0.15, 0.2) is 12.2 Å². The molecule has 0 radical (unpaired) electrons. The number of aliphatic hydroxyl groups is 1. The molecule has 0 spiro atoms. The smallest absolute Gasteiger partial charge is 0.462 e. The Morgan fingerprint density at radius 1 is 0.377 bits per heavy atom. The van der Waals surface area contributed by atoms with E-state index in [0.717, 1.165) is 121 Å². The van der Waals surface area contributed by atoms with E-state index in [1.54, 1.807) is 0 Å². The van der Waals surface area contributed by atoms with Crippen molar-refractivity contribution in [2.45, 2.75) is 292 Å². The highest BCUT2D eigenvalue weighted by Crippen LogP contribution is 2.45. The third-order valence-corrected chi connectivity index (χ3v) is 15.8. The van der Waals surface area contributed by atoms with E-state index in [0.29, 0.717) is 31.6 Å².